The van der Waals surface area contributed by atoms with Crippen LogP contribution in [0.2, 0.25) is 0 Å². The lowest BCUT2D eigenvalue weighted by Crippen LogP contribution is -2.29. The van der Waals surface area contributed by atoms with Crippen molar-refractivity contribution in [1.82, 2.24) is 4.72 Å². The van der Waals surface area contributed by atoms with Crippen LogP contribution in [0.25, 0.3) is 0 Å². The summed E-state index contributed by atoms with van der Waals surface area (Å²) in [4.78, 5) is 20.9. The maximum absolute atomic E-state index is 11.0. The van der Waals surface area contributed by atoms with Crippen molar-refractivity contribution in [2.45, 2.75) is 0 Å². The highest BCUT2D eigenvalue weighted by Gasteiger charge is 2.15. The Hall–Kier alpha value is -1.39. The Balaban J connectivity index is 2.91. The molecule has 98 valence electrons. The molecule has 0 heterocycles. The van der Waals surface area contributed by atoms with Gasteiger partial charge in [-0.15, -0.1) is 0 Å². The highest BCUT2D eigenvalue weighted by molar-refractivity contribution is 9.10. The maximum Gasteiger partial charge on any atom is 0.427 e. The summed E-state index contributed by atoms with van der Waals surface area (Å²) < 4.78 is 27.1. The molecular weight excluding hydrogens is 356 g/mol. The summed E-state index contributed by atoms with van der Waals surface area (Å²) >= 11 is 2.97. The highest BCUT2D eigenvalue weighted by atomic mass is 79.9. The molecule has 0 atom stereocenters. The number of amides is 1. The number of carbonyl (C=O) groups excluding carboxylic acids is 1. The lowest BCUT2D eigenvalue weighted by Gasteiger charge is -2.04. The van der Waals surface area contributed by atoms with E-state index in [9.17, 15) is 23.3 Å². The first-order valence-electron chi connectivity index (χ1n) is 4.06. The van der Waals surface area contributed by atoms with Gasteiger partial charge in [0, 0.05) is 21.2 Å². The van der Waals surface area contributed by atoms with Crippen LogP contribution < -0.4 is 9.46 Å². The standard InChI is InChI=1S/C7H4BrClN2O6S/c8-4-1-5(11(13)14)3-6(2-4)17-7(12)10-18(9,15)16/h1-3H,(H,10,12). The molecule has 1 aromatic carbocycles. The third-order valence-electron chi connectivity index (χ3n) is 1.48. The first kappa shape index (κ1) is 14.7. The molecule has 0 fully saturated rings. The first-order chi connectivity index (χ1) is 8.17. The van der Waals surface area contributed by atoms with Gasteiger partial charge in [-0.1, -0.05) is 15.9 Å². The van der Waals surface area contributed by atoms with Gasteiger partial charge in [-0.3, -0.25) is 10.1 Å². The predicted molar refractivity (Wildman–Crippen MR) is 64.7 cm³/mol. The fraction of sp³-hybridized carbons (Fsp3) is 0. The van der Waals surface area contributed by atoms with E-state index in [1.54, 1.807) is 0 Å². The zero-order valence-electron chi connectivity index (χ0n) is 8.29. The van der Waals surface area contributed by atoms with E-state index in [4.69, 9.17) is 10.7 Å². The SMILES string of the molecule is O=C(NS(=O)(=O)Cl)Oc1cc(Br)cc([N+](=O)[O-])c1. The molecule has 18 heavy (non-hydrogen) atoms. The quantitative estimate of drug-likeness (QED) is 0.501. The van der Waals surface area contributed by atoms with Gasteiger partial charge in [0.2, 0.25) is 0 Å². The summed E-state index contributed by atoms with van der Waals surface area (Å²) in [5.74, 6) is -0.214. The number of benzene rings is 1. The monoisotopic (exact) mass is 358 g/mol. The Labute approximate surface area is 114 Å². The van der Waals surface area contributed by atoms with Crippen molar-refractivity contribution >= 4 is 47.6 Å². The Bertz CT molecular complexity index is 604. The largest absolute Gasteiger partial charge is 0.427 e. The molecule has 1 aromatic rings. The second-order valence-electron chi connectivity index (χ2n) is 2.83. The number of ether oxygens (including phenoxy) is 1. The fourth-order valence-corrected chi connectivity index (χ4v) is 1.83. The Morgan fingerprint density at radius 1 is 1.44 bits per heavy atom. The number of nitrogens with zero attached hydrogens (tertiary/aromatic N) is 1. The van der Waals surface area contributed by atoms with Gasteiger partial charge >= 0.3 is 15.3 Å². The van der Waals surface area contributed by atoms with Crippen LogP contribution in [0.4, 0.5) is 10.5 Å². The maximum atomic E-state index is 11.0. The second kappa shape index (κ2) is 5.50. The lowest BCUT2D eigenvalue weighted by atomic mass is 10.3. The van der Waals surface area contributed by atoms with Gasteiger partial charge < -0.3 is 4.74 Å². The van der Waals surface area contributed by atoms with Gasteiger partial charge in [0.05, 0.1) is 11.0 Å². The third kappa shape index (κ3) is 4.85. The van der Waals surface area contributed by atoms with Gasteiger partial charge in [0.25, 0.3) is 5.69 Å². The number of non-ortho nitro benzene ring substituents is 1. The summed E-state index contributed by atoms with van der Waals surface area (Å²) in [5, 5.41) is 10.5. The number of nitrogens with one attached hydrogen (secondary N) is 1. The smallest absolute Gasteiger partial charge is 0.409 e. The molecule has 0 radical (unpaired) electrons. The number of nitro groups is 1. The number of hydrogen-bond donors (Lipinski definition) is 1. The van der Waals surface area contributed by atoms with Crippen LogP contribution in [0, 0.1) is 10.1 Å². The molecule has 0 unspecified atom stereocenters. The minimum Gasteiger partial charge on any atom is -0.409 e. The van der Waals surface area contributed by atoms with E-state index in [2.05, 4.69) is 20.7 Å². The van der Waals surface area contributed by atoms with Crippen LogP contribution >= 0.6 is 26.6 Å². The van der Waals surface area contributed by atoms with E-state index in [1.807, 2.05) is 0 Å². The summed E-state index contributed by atoms with van der Waals surface area (Å²) in [6.45, 7) is 0. The first-order valence-corrected chi connectivity index (χ1v) is 7.17. The number of halogens is 2. The molecule has 0 saturated carbocycles. The zero-order chi connectivity index (χ0) is 13.9. The van der Waals surface area contributed by atoms with Crippen LogP contribution in [-0.2, 0) is 9.24 Å². The van der Waals surface area contributed by atoms with E-state index in [1.165, 1.54) is 16.9 Å². The number of carbonyl (C=O) groups is 1. The molecule has 0 aliphatic rings. The van der Waals surface area contributed by atoms with Crippen LogP contribution in [0.5, 0.6) is 5.75 Å². The van der Waals surface area contributed by atoms with Gasteiger partial charge in [0.1, 0.15) is 5.75 Å². The lowest BCUT2D eigenvalue weighted by molar-refractivity contribution is -0.385. The number of hydrogen-bond acceptors (Lipinski definition) is 6. The van der Waals surface area contributed by atoms with Crippen LogP contribution in [0.1, 0.15) is 0 Å². The second-order valence-corrected chi connectivity index (χ2v) is 6.05. The van der Waals surface area contributed by atoms with E-state index in [0.717, 1.165) is 6.07 Å². The summed E-state index contributed by atoms with van der Waals surface area (Å²) in [6.07, 6.45) is -1.38. The molecule has 1 rings (SSSR count). The normalized spacial score (nSPS) is 10.8. The van der Waals surface area contributed by atoms with E-state index < -0.39 is 20.3 Å². The van der Waals surface area contributed by atoms with Gasteiger partial charge in [-0.2, -0.15) is 8.42 Å². The van der Waals surface area contributed by atoms with Crippen molar-refractivity contribution in [3.05, 3.63) is 32.8 Å². The van der Waals surface area contributed by atoms with E-state index in [0.29, 0.717) is 0 Å². The van der Waals surface area contributed by atoms with Gasteiger partial charge in [0.15, 0.2) is 0 Å². The number of rotatable bonds is 3. The highest BCUT2D eigenvalue weighted by Crippen LogP contribution is 2.26. The molecule has 0 bridgehead atoms. The van der Waals surface area contributed by atoms with Crippen LogP contribution in [0.15, 0.2) is 22.7 Å². The minimum atomic E-state index is -4.28. The average Bonchev–Trinajstić information content (AvgIpc) is 2.12. The molecule has 0 aliphatic heterocycles. The Kier molecular flexibility index (Phi) is 4.48. The Morgan fingerprint density at radius 2 is 2.06 bits per heavy atom. The topological polar surface area (TPSA) is 116 Å². The van der Waals surface area contributed by atoms with E-state index >= 15 is 0 Å². The summed E-state index contributed by atoms with van der Waals surface area (Å²) in [6, 6.07) is 3.38. The van der Waals surface area contributed by atoms with Crippen molar-refractivity contribution in [2.24, 2.45) is 0 Å². The molecule has 1 N–H and O–H groups in total. The fourth-order valence-electron chi connectivity index (χ4n) is 0.940. The molecular formula is C7H4BrClN2O6S. The van der Waals surface area contributed by atoms with Crippen molar-refractivity contribution in [3.8, 4) is 5.75 Å². The Morgan fingerprint density at radius 3 is 2.56 bits per heavy atom. The predicted octanol–water partition coefficient (Wildman–Crippen LogP) is 1.93. The zero-order valence-corrected chi connectivity index (χ0v) is 11.5. The van der Waals surface area contributed by atoms with Crippen molar-refractivity contribution < 1.29 is 22.9 Å². The van der Waals surface area contributed by atoms with E-state index in [-0.39, 0.29) is 15.9 Å². The van der Waals surface area contributed by atoms with Crippen LogP contribution in [0.3, 0.4) is 0 Å². The van der Waals surface area contributed by atoms with Crippen molar-refractivity contribution in [2.75, 3.05) is 0 Å². The minimum absolute atomic E-state index is 0.214. The number of nitro benzene ring substituents is 1. The third-order valence-corrected chi connectivity index (χ3v) is 2.58. The van der Waals surface area contributed by atoms with Crippen molar-refractivity contribution in [1.29, 1.82) is 0 Å². The molecule has 11 heteroatoms. The van der Waals surface area contributed by atoms with Crippen LogP contribution in [-0.4, -0.2) is 19.4 Å². The molecule has 0 aromatic heterocycles. The average molecular weight is 360 g/mol. The molecule has 8 nitrogen and oxygen atoms in total. The van der Waals surface area contributed by atoms with Crippen molar-refractivity contribution in [3.63, 3.8) is 0 Å². The molecule has 0 aliphatic carbocycles. The molecule has 1 amide bonds. The molecule has 0 spiro atoms. The summed E-state index contributed by atoms with van der Waals surface area (Å²) in [5.41, 5.74) is -0.332. The summed E-state index contributed by atoms with van der Waals surface area (Å²) in [7, 11) is 0.472. The molecule has 0 saturated heterocycles. The van der Waals surface area contributed by atoms with Gasteiger partial charge in [-0.05, 0) is 6.07 Å². The van der Waals surface area contributed by atoms with Gasteiger partial charge in [-0.25, -0.2) is 9.52 Å².